The van der Waals surface area contributed by atoms with E-state index in [1.54, 1.807) is 17.2 Å². The fourth-order valence-corrected chi connectivity index (χ4v) is 6.44. The number of hydrogen-bond acceptors (Lipinski definition) is 7. The average Bonchev–Trinajstić information content (AvgIpc) is 3.15. The highest BCUT2D eigenvalue weighted by Gasteiger charge is 2.39. The van der Waals surface area contributed by atoms with Crippen molar-refractivity contribution in [3.63, 3.8) is 0 Å². The predicted octanol–water partition coefficient (Wildman–Crippen LogP) is 5.02. The lowest BCUT2D eigenvalue weighted by atomic mass is 9.98. The molecule has 9 nitrogen and oxygen atoms in total. The number of benzene rings is 2. The molecule has 1 amide bonds. The second-order valence-electron chi connectivity index (χ2n) is 11.6. The van der Waals surface area contributed by atoms with E-state index in [9.17, 15) is 19.1 Å². The van der Waals surface area contributed by atoms with Crippen LogP contribution in [-0.2, 0) is 4.79 Å². The maximum absolute atomic E-state index is 16.6. The smallest absolute Gasteiger partial charge is 0.354 e. The van der Waals surface area contributed by atoms with Crippen LogP contribution >= 0.6 is 0 Å². The highest BCUT2D eigenvalue weighted by atomic mass is 19.2. The maximum atomic E-state index is 16.6. The highest BCUT2D eigenvalue weighted by Crippen LogP contribution is 2.45. The predicted molar refractivity (Wildman–Crippen MR) is 162 cm³/mol. The molecule has 0 aliphatic carbocycles. The van der Waals surface area contributed by atoms with Gasteiger partial charge in [-0.2, -0.15) is 4.98 Å². The largest absolute Gasteiger partial charge is 0.507 e. The summed E-state index contributed by atoms with van der Waals surface area (Å²) < 4.78 is 47.7. The number of piperazine rings is 1. The van der Waals surface area contributed by atoms with Gasteiger partial charge in [-0.25, -0.2) is 18.0 Å². The Morgan fingerprint density at radius 2 is 1.93 bits per heavy atom. The molecule has 0 spiro atoms. The quantitative estimate of drug-likeness (QED) is 0.316. The number of aryl methyl sites for hydroxylation is 1. The zero-order chi connectivity index (χ0) is 31.6. The van der Waals surface area contributed by atoms with E-state index < -0.39 is 46.1 Å². The number of aromatic nitrogens is 3. The normalized spacial score (nSPS) is 17.8. The van der Waals surface area contributed by atoms with Crippen LogP contribution in [0.15, 0.2) is 47.9 Å². The molecule has 228 valence electrons. The van der Waals surface area contributed by atoms with Crippen molar-refractivity contribution >= 4 is 28.3 Å². The first-order valence-corrected chi connectivity index (χ1v) is 14.3. The van der Waals surface area contributed by atoms with Crippen molar-refractivity contribution in [1.29, 1.82) is 0 Å². The fourth-order valence-electron chi connectivity index (χ4n) is 6.44. The minimum atomic E-state index is -1.43. The van der Waals surface area contributed by atoms with Crippen LogP contribution < -0.4 is 15.9 Å². The number of anilines is 2. The van der Waals surface area contributed by atoms with Gasteiger partial charge in [0.05, 0.1) is 39.6 Å². The molecule has 2 aromatic carbocycles. The van der Waals surface area contributed by atoms with Crippen LogP contribution in [0.4, 0.5) is 24.7 Å². The number of phenols is 1. The first kappa shape index (κ1) is 29.2. The summed E-state index contributed by atoms with van der Waals surface area (Å²) in [5.74, 6) is -4.51. The Morgan fingerprint density at radius 3 is 2.64 bits per heavy atom. The standard InChI is InChI=1S/C32H31F3N6O3/c1-6-23(43)39-13-17(5)40-18(14-39)12-37-29-25-21(11-19(26(29)34)24-22(42)8-7-20(33)27(24)35)41(32(44)38-31(25)40)30-16(4)9-10-36-28(30)15(2)3/h6-11,15,17-18,37,42H,1,12-14H2,2-5H3. The zero-order valence-corrected chi connectivity index (χ0v) is 24.7. The lowest BCUT2D eigenvalue weighted by Crippen LogP contribution is -2.61. The Labute approximate surface area is 251 Å². The molecular weight excluding hydrogens is 573 g/mol. The van der Waals surface area contributed by atoms with Crippen molar-refractivity contribution in [2.24, 2.45) is 0 Å². The van der Waals surface area contributed by atoms with E-state index in [0.717, 1.165) is 12.1 Å². The first-order chi connectivity index (χ1) is 20.9. The van der Waals surface area contributed by atoms with E-state index >= 15 is 8.78 Å². The van der Waals surface area contributed by atoms with Crippen molar-refractivity contribution in [2.75, 3.05) is 29.9 Å². The topological polar surface area (TPSA) is 104 Å². The molecule has 2 aromatic heterocycles. The molecule has 44 heavy (non-hydrogen) atoms. The number of halogens is 3. The summed E-state index contributed by atoms with van der Waals surface area (Å²) in [4.78, 5) is 39.3. The number of amides is 1. The summed E-state index contributed by atoms with van der Waals surface area (Å²) in [6.07, 6.45) is 2.86. The molecule has 2 N–H and O–H groups in total. The Bertz CT molecular complexity index is 1920. The number of nitrogens with zero attached hydrogens (tertiary/aromatic N) is 5. The summed E-state index contributed by atoms with van der Waals surface area (Å²) in [5.41, 5.74) is -0.0105. The van der Waals surface area contributed by atoms with Gasteiger partial charge in [0.15, 0.2) is 17.5 Å². The summed E-state index contributed by atoms with van der Waals surface area (Å²) in [7, 11) is 0. The number of carbonyl (C=O) groups is 1. The molecule has 12 heteroatoms. The first-order valence-electron chi connectivity index (χ1n) is 14.3. The third kappa shape index (κ3) is 4.39. The molecular formula is C32H31F3N6O3. The van der Waals surface area contributed by atoms with E-state index in [4.69, 9.17) is 0 Å². The van der Waals surface area contributed by atoms with Gasteiger partial charge in [-0.15, -0.1) is 0 Å². The van der Waals surface area contributed by atoms with Crippen molar-refractivity contribution in [1.82, 2.24) is 19.4 Å². The van der Waals surface area contributed by atoms with E-state index in [-0.39, 0.29) is 53.4 Å². The number of pyridine rings is 1. The lowest BCUT2D eigenvalue weighted by Gasteiger charge is -2.45. The van der Waals surface area contributed by atoms with Crippen LogP contribution in [0.25, 0.3) is 27.7 Å². The zero-order valence-electron chi connectivity index (χ0n) is 24.7. The van der Waals surface area contributed by atoms with E-state index in [2.05, 4.69) is 21.9 Å². The van der Waals surface area contributed by atoms with Crippen molar-refractivity contribution in [2.45, 2.75) is 45.7 Å². The Morgan fingerprint density at radius 1 is 1.18 bits per heavy atom. The number of phenolic OH excluding ortho intramolecular Hbond substituents is 1. The SMILES string of the molecule is C=CC(=O)N1CC(C)N2c3nc(=O)n(-c4c(C)ccnc4C(C)C)c4cc(-c5c(O)ccc(F)c5F)c(F)c(c34)NCC2C1. The number of nitrogens with one attached hydrogen (secondary N) is 1. The molecule has 0 bridgehead atoms. The van der Waals surface area contributed by atoms with Crippen LogP contribution in [0.5, 0.6) is 5.75 Å². The molecule has 0 radical (unpaired) electrons. The van der Waals surface area contributed by atoms with Crippen LogP contribution in [0.2, 0.25) is 0 Å². The van der Waals surface area contributed by atoms with Crippen LogP contribution in [0.3, 0.4) is 0 Å². The van der Waals surface area contributed by atoms with Crippen LogP contribution in [-0.4, -0.2) is 62.2 Å². The van der Waals surface area contributed by atoms with E-state index in [0.29, 0.717) is 23.5 Å². The van der Waals surface area contributed by atoms with Gasteiger partial charge >= 0.3 is 5.69 Å². The van der Waals surface area contributed by atoms with Gasteiger partial charge < -0.3 is 20.2 Å². The van der Waals surface area contributed by atoms with Gasteiger partial charge in [-0.3, -0.25) is 14.3 Å². The number of hydrogen-bond donors (Lipinski definition) is 2. The summed E-state index contributed by atoms with van der Waals surface area (Å²) in [6, 6.07) is 3.94. The molecule has 4 heterocycles. The molecule has 4 aromatic rings. The van der Waals surface area contributed by atoms with Gasteiger partial charge in [-0.1, -0.05) is 20.4 Å². The minimum absolute atomic E-state index is 0.0901. The van der Waals surface area contributed by atoms with E-state index in [1.807, 2.05) is 32.6 Å². The molecule has 6 rings (SSSR count). The van der Waals surface area contributed by atoms with Gasteiger partial charge in [0, 0.05) is 37.4 Å². The Kier molecular flexibility index (Phi) is 7.10. The maximum Gasteiger partial charge on any atom is 0.354 e. The number of aromatic hydroxyl groups is 1. The number of fused-ring (bicyclic) bond motifs is 2. The van der Waals surface area contributed by atoms with Gasteiger partial charge in [-0.05, 0) is 55.7 Å². The minimum Gasteiger partial charge on any atom is -0.507 e. The molecule has 2 unspecified atom stereocenters. The number of rotatable bonds is 4. The van der Waals surface area contributed by atoms with Crippen molar-refractivity contribution in [3.05, 3.63) is 82.3 Å². The number of carbonyl (C=O) groups excluding carboxylic acids is 1. The summed E-state index contributed by atoms with van der Waals surface area (Å²) in [5, 5.41) is 14.0. The van der Waals surface area contributed by atoms with Crippen LogP contribution in [0, 0.1) is 24.4 Å². The van der Waals surface area contributed by atoms with Crippen LogP contribution in [0.1, 0.15) is 37.9 Å². The monoisotopic (exact) mass is 604 g/mol. The molecule has 1 saturated heterocycles. The van der Waals surface area contributed by atoms with Gasteiger partial charge in [0.2, 0.25) is 5.91 Å². The van der Waals surface area contributed by atoms with Gasteiger partial charge in [0.1, 0.15) is 11.6 Å². The molecule has 2 aliphatic heterocycles. The second-order valence-corrected chi connectivity index (χ2v) is 11.6. The van der Waals surface area contributed by atoms with Gasteiger partial charge in [0.25, 0.3) is 0 Å². The summed E-state index contributed by atoms with van der Waals surface area (Å²) in [6.45, 7) is 11.8. The Hall–Kier alpha value is -4.87. The molecule has 2 atom stereocenters. The average molecular weight is 605 g/mol. The lowest BCUT2D eigenvalue weighted by molar-refractivity contribution is -0.127. The highest BCUT2D eigenvalue weighted by molar-refractivity contribution is 6.05. The van der Waals surface area contributed by atoms with Crippen molar-refractivity contribution < 1.29 is 23.1 Å². The molecule has 1 fully saturated rings. The Balaban J connectivity index is 1.74. The van der Waals surface area contributed by atoms with E-state index in [1.165, 1.54) is 16.7 Å². The molecule has 0 saturated carbocycles. The fraction of sp³-hybridized carbons (Fsp3) is 0.312. The molecule has 2 aliphatic rings. The third-order valence-electron chi connectivity index (χ3n) is 8.40. The summed E-state index contributed by atoms with van der Waals surface area (Å²) >= 11 is 0. The van der Waals surface area contributed by atoms with Crippen molar-refractivity contribution in [3.8, 4) is 22.6 Å². The second kappa shape index (κ2) is 10.7. The third-order valence-corrected chi connectivity index (χ3v) is 8.40.